The van der Waals surface area contributed by atoms with Crippen molar-refractivity contribution in [2.24, 2.45) is 0 Å². The van der Waals surface area contributed by atoms with Crippen LogP contribution in [0.4, 0.5) is 5.00 Å². The van der Waals surface area contributed by atoms with Crippen LogP contribution in [0.25, 0.3) is 0 Å². The first kappa shape index (κ1) is 15.0. The molecule has 1 fully saturated rings. The van der Waals surface area contributed by atoms with E-state index in [0.29, 0.717) is 18.5 Å². The average Bonchev–Trinajstić information content (AvgIpc) is 3.02. The molecule has 6 nitrogen and oxygen atoms in total. The lowest BCUT2D eigenvalue weighted by molar-refractivity contribution is -0.142. The largest absolute Gasteiger partial charge is 0.377 e. The van der Waals surface area contributed by atoms with E-state index in [1.807, 2.05) is 5.38 Å². The lowest BCUT2D eigenvalue weighted by Gasteiger charge is -2.39. The molecule has 22 heavy (non-hydrogen) atoms. The fraction of sp³-hybridized carbons (Fsp3) is 0.533. The summed E-state index contributed by atoms with van der Waals surface area (Å²) in [6.45, 7) is 5.10. The summed E-state index contributed by atoms with van der Waals surface area (Å²) >= 11 is 1.53. The van der Waals surface area contributed by atoms with Crippen LogP contribution in [0, 0.1) is 0 Å². The molecule has 3 heterocycles. The third-order valence-corrected chi connectivity index (χ3v) is 5.38. The third kappa shape index (κ3) is 2.20. The van der Waals surface area contributed by atoms with Gasteiger partial charge in [0.2, 0.25) is 5.91 Å². The molecule has 0 bridgehead atoms. The number of nitrogens with one attached hydrogen (secondary N) is 2. The van der Waals surface area contributed by atoms with Gasteiger partial charge in [0.05, 0.1) is 17.1 Å². The Morgan fingerprint density at radius 1 is 1.41 bits per heavy atom. The fourth-order valence-electron chi connectivity index (χ4n) is 2.93. The Morgan fingerprint density at radius 2 is 2.18 bits per heavy atom. The lowest BCUT2D eigenvalue weighted by Crippen LogP contribution is -2.61. The van der Waals surface area contributed by atoms with Gasteiger partial charge >= 0.3 is 0 Å². The molecule has 1 atom stereocenters. The first-order valence-electron chi connectivity index (χ1n) is 7.48. The third-order valence-electron chi connectivity index (χ3n) is 4.40. The SMILES string of the molecule is CCCNc1scc2c1CN([C@]1(C)CCC(=O)NC1=O)C2=O. The van der Waals surface area contributed by atoms with Crippen molar-refractivity contribution in [1.29, 1.82) is 0 Å². The number of amides is 3. The van der Waals surface area contributed by atoms with Gasteiger partial charge in [-0.1, -0.05) is 6.92 Å². The first-order valence-corrected chi connectivity index (χ1v) is 8.36. The number of imide groups is 1. The molecule has 3 rings (SSSR count). The van der Waals surface area contributed by atoms with E-state index in [9.17, 15) is 14.4 Å². The quantitative estimate of drug-likeness (QED) is 0.828. The molecule has 1 aromatic heterocycles. The molecule has 0 spiro atoms. The number of piperidine rings is 1. The van der Waals surface area contributed by atoms with Crippen molar-refractivity contribution in [3.63, 3.8) is 0 Å². The highest BCUT2D eigenvalue weighted by Gasteiger charge is 2.49. The van der Waals surface area contributed by atoms with Crippen molar-refractivity contribution >= 4 is 34.1 Å². The maximum absolute atomic E-state index is 12.7. The Kier molecular flexibility index (Phi) is 3.68. The van der Waals surface area contributed by atoms with Crippen LogP contribution in [0.2, 0.25) is 0 Å². The van der Waals surface area contributed by atoms with Crippen molar-refractivity contribution < 1.29 is 14.4 Å². The highest BCUT2D eigenvalue weighted by Crippen LogP contribution is 2.40. The average molecular weight is 321 g/mol. The fourth-order valence-corrected chi connectivity index (χ4v) is 3.91. The number of rotatable bonds is 4. The molecule has 2 aliphatic rings. The van der Waals surface area contributed by atoms with E-state index in [2.05, 4.69) is 17.6 Å². The summed E-state index contributed by atoms with van der Waals surface area (Å²) in [6.07, 6.45) is 1.64. The van der Waals surface area contributed by atoms with Gasteiger partial charge < -0.3 is 10.2 Å². The van der Waals surface area contributed by atoms with Gasteiger partial charge in [-0.2, -0.15) is 0 Å². The Morgan fingerprint density at radius 3 is 2.86 bits per heavy atom. The van der Waals surface area contributed by atoms with Gasteiger partial charge in [0.15, 0.2) is 0 Å². The molecule has 2 aliphatic heterocycles. The summed E-state index contributed by atoms with van der Waals surface area (Å²) in [4.78, 5) is 37.9. The van der Waals surface area contributed by atoms with E-state index in [-0.39, 0.29) is 24.1 Å². The zero-order valence-electron chi connectivity index (χ0n) is 12.7. The summed E-state index contributed by atoms with van der Waals surface area (Å²) in [5.74, 6) is -0.773. The van der Waals surface area contributed by atoms with Crippen molar-refractivity contribution in [2.45, 2.75) is 45.2 Å². The van der Waals surface area contributed by atoms with Gasteiger partial charge in [-0.3, -0.25) is 19.7 Å². The molecule has 0 aliphatic carbocycles. The Balaban J connectivity index is 1.86. The van der Waals surface area contributed by atoms with E-state index in [1.165, 1.54) is 11.3 Å². The van der Waals surface area contributed by atoms with Gasteiger partial charge in [-0.05, 0) is 19.8 Å². The molecule has 118 valence electrons. The van der Waals surface area contributed by atoms with Crippen LogP contribution in [0.5, 0.6) is 0 Å². The molecule has 7 heteroatoms. The predicted molar refractivity (Wildman–Crippen MR) is 83.8 cm³/mol. The topological polar surface area (TPSA) is 78.5 Å². The smallest absolute Gasteiger partial charge is 0.256 e. The highest BCUT2D eigenvalue weighted by molar-refractivity contribution is 7.14. The molecule has 0 aromatic carbocycles. The van der Waals surface area contributed by atoms with Crippen LogP contribution in [0.1, 0.15) is 49.0 Å². The van der Waals surface area contributed by atoms with Crippen molar-refractivity contribution in [1.82, 2.24) is 10.2 Å². The molecular formula is C15H19N3O3S. The Bertz CT molecular complexity index is 654. The molecule has 0 unspecified atom stereocenters. The summed E-state index contributed by atoms with van der Waals surface area (Å²) in [5.41, 5.74) is 0.688. The Hall–Kier alpha value is -1.89. The van der Waals surface area contributed by atoms with Crippen LogP contribution in [-0.2, 0) is 16.1 Å². The standard InChI is InChI=1S/C15H19N3O3S/c1-3-6-16-12-9-7-18(13(20)10(9)8-22-12)15(2)5-4-11(19)17-14(15)21/h8,16H,3-7H2,1-2H3,(H,17,19,21)/t15-/m1/s1. The van der Waals surface area contributed by atoms with Crippen LogP contribution < -0.4 is 10.6 Å². The lowest BCUT2D eigenvalue weighted by atomic mass is 9.89. The minimum atomic E-state index is -0.955. The first-order chi connectivity index (χ1) is 10.5. The van der Waals surface area contributed by atoms with Gasteiger partial charge in [0.1, 0.15) is 5.54 Å². The van der Waals surface area contributed by atoms with Gasteiger partial charge in [-0.25, -0.2) is 0 Å². The van der Waals surface area contributed by atoms with Crippen LogP contribution in [0.15, 0.2) is 5.38 Å². The summed E-state index contributed by atoms with van der Waals surface area (Å²) in [7, 11) is 0. The van der Waals surface area contributed by atoms with Crippen molar-refractivity contribution in [3.05, 3.63) is 16.5 Å². The highest BCUT2D eigenvalue weighted by atomic mass is 32.1. The molecule has 0 saturated carbocycles. The van der Waals surface area contributed by atoms with Gasteiger partial charge in [0, 0.05) is 23.9 Å². The minimum absolute atomic E-state index is 0.122. The van der Waals surface area contributed by atoms with Gasteiger partial charge in [0.25, 0.3) is 11.8 Å². The van der Waals surface area contributed by atoms with E-state index >= 15 is 0 Å². The second-order valence-corrected chi connectivity index (χ2v) is 6.81. The van der Waals surface area contributed by atoms with E-state index in [1.54, 1.807) is 11.8 Å². The number of carbonyl (C=O) groups excluding carboxylic acids is 3. The minimum Gasteiger partial charge on any atom is -0.377 e. The molecule has 1 saturated heterocycles. The van der Waals surface area contributed by atoms with Crippen molar-refractivity contribution in [3.8, 4) is 0 Å². The van der Waals surface area contributed by atoms with Crippen LogP contribution >= 0.6 is 11.3 Å². The Labute approximate surface area is 132 Å². The number of carbonyl (C=O) groups is 3. The normalized spacial score (nSPS) is 24.5. The second-order valence-electron chi connectivity index (χ2n) is 5.93. The van der Waals surface area contributed by atoms with Crippen LogP contribution in [-0.4, -0.2) is 34.7 Å². The van der Waals surface area contributed by atoms with E-state index < -0.39 is 5.54 Å². The van der Waals surface area contributed by atoms with Crippen LogP contribution in [0.3, 0.4) is 0 Å². The second kappa shape index (κ2) is 5.39. The molecule has 3 amide bonds. The maximum Gasteiger partial charge on any atom is 0.256 e. The number of hydrogen-bond acceptors (Lipinski definition) is 5. The number of fused-ring (bicyclic) bond motifs is 1. The number of thiophene rings is 1. The van der Waals surface area contributed by atoms with Crippen molar-refractivity contribution in [2.75, 3.05) is 11.9 Å². The number of anilines is 1. The zero-order chi connectivity index (χ0) is 15.9. The molecule has 0 radical (unpaired) electrons. The van der Waals surface area contributed by atoms with E-state index in [4.69, 9.17) is 0 Å². The summed E-state index contributed by atoms with van der Waals surface area (Å²) in [5, 5.41) is 8.54. The zero-order valence-corrected chi connectivity index (χ0v) is 13.5. The van der Waals surface area contributed by atoms with Gasteiger partial charge in [-0.15, -0.1) is 11.3 Å². The predicted octanol–water partition coefficient (Wildman–Crippen LogP) is 1.72. The maximum atomic E-state index is 12.7. The number of nitrogens with zero attached hydrogens (tertiary/aromatic N) is 1. The molecule has 1 aromatic rings. The molecule has 2 N–H and O–H groups in total. The number of hydrogen-bond donors (Lipinski definition) is 2. The molecular weight excluding hydrogens is 302 g/mol. The summed E-state index contributed by atoms with van der Waals surface area (Å²) in [6, 6.07) is 0. The summed E-state index contributed by atoms with van der Waals surface area (Å²) < 4.78 is 0. The monoisotopic (exact) mass is 321 g/mol. The van der Waals surface area contributed by atoms with E-state index in [0.717, 1.165) is 23.5 Å².